The van der Waals surface area contributed by atoms with Crippen LogP contribution in [0, 0.1) is 13.8 Å². The van der Waals surface area contributed by atoms with E-state index in [0.717, 1.165) is 72.2 Å². The first kappa shape index (κ1) is 24.3. The highest BCUT2D eigenvalue weighted by atomic mass is 32.2. The van der Waals surface area contributed by atoms with Crippen molar-refractivity contribution in [1.82, 2.24) is 20.0 Å². The fourth-order valence-electron chi connectivity index (χ4n) is 4.50. The van der Waals surface area contributed by atoms with E-state index >= 15 is 0 Å². The number of carbonyl (C=O) groups excluding carboxylic acids is 2. The molecule has 2 amide bonds. The fraction of sp³-hybridized carbons (Fsp3) is 0.480. The second-order valence-electron chi connectivity index (χ2n) is 8.88. The maximum absolute atomic E-state index is 13.1. The van der Waals surface area contributed by atoms with Gasteiger partial charge in [0.15, 0.2) is 5.82 Å². The summed E-state index contributed by atoms with van der Waals surface area (Å²) in [5.74, 6) is 1.83. The van der Waals surface area contributed by atoms with Crippen molar-refractivity contribution in [3.63, 3.8) is 0 Å². The number of ether oxygens (including phenoxy) is 1. The Labute approximate surface area is 205 Å². The van der Waals surface area contributed by atoms with Crippen LogP contribution in [0.25, 0.3) is 6.08 Å². The van der Waals surface area contributed by atoms with Gasteiger partial charge in [-0.2, -0.15) is 16.9 Å². The van der Waals surface area contributed by atoms with Gasteiger partial charge >= 0.3 is 0 Å². The third-order valence-corrected chi connectivity index (χ3v) is 7.47. The minimum absolute atomic E-state index is 0.101. The van der Waals surface area contributed by atoms with Gasteiger partial charge in [0.2, 0.25) is 6.41 Å². The molecule has 1 aromatic heterocycles. The maximum atomic E-state index is 13.1. The van der Waals surface area contributed by atoms with Crippen LogP contribution in [0.1, 0.15) is 53.0 Å². The van der Waals surface area contributed by atoms with Gasteiger partial charge in [-0.05, 0) is 56.5 Å². The average molecular weight is 484 g/mol. The smallest absolute Gasteiger partial charge is 0.254 e. The van der Waals surface area contributed by atoms with Crippen LogP contribution in [-0.4, -0.2) is 64.3 Å². The molecule has 2 aromatic rings. The molecule has 2 aliphatic heterocycles. The van der Waals surface area contributed by atoms with Crippen molar-refractivity contribution in [3.8, 4) is 0 Å². The van der Waals surface area contributed by atoms with Crippen LogP contribution in [-0.2, 0) is 9.53 Å². The zero-order valence-corrected chi connectivity index (χ0v) is 20.9. The van der Waals surface area contributed by atoms with Gasteiger partial charge in [-0.25, -0.2) is 0 Å². The van der Waals surface area contributed by atoms with Crippen LogP contribution < -0.4 is 10.6 Å². The fourth-order valence-corrected chi connectivity index (χ4v) is 5.52. The van der Waals surface area contributed by atoms with Crippen molar-refractivity contribution in [1.29, 1.82) is 0 Å². The molecule has 4 rings (SSSR count). The largest absolute Gasteiger partial charge is 0.379 e. The predicted octanol–water partition coefficient (Wildman–Crippen LogP) is 3.89. The second-order valence-corrected chi connectivity index (χ2v) is 10.4. The molecule has 9 heteroatoms. The summed E-state index contributed by atoms with van der Waals surface area (Å²) in [5.41, 5.74) is 4.47. The molecule has 2 aliphatic rings. The number of carbonyl (C=O) groups is 2. The normalized spacial score (nSPS) is 21.0. The van der Waals surface area contributed by atoms with Crippen molar-refractivity contribution in [2.24, 2.45) is 0 Å². The van der Waals surface area contributed by atoms with E-state index in [-0.39, 0.29) is 11.9 Å². The quantitative estimate of drug-likeness (QED) is 0.581. The minimum Gasteiger partial charge on any atom is -0.379 e. The molecule has 0 saturated carbocycles. The standard InChI is InChI=1S/C25H33N5O3S/c1-17-13-20(6-7-22(17)25(32)29-10-12-34-18(2)14-29)27-24-19(3)23(8-9-26-16-31)30(28-24)21-5-4-11-33-15-21/h6-9,13,16,18,21H,4-5,10-12,14-15H2,1-3H3,(H,26,31)(H,27,28)/b9-8-. The van der Waals surface area contributed by atoms with Gasteiger partial charge in [0.25, 0.3) is 5.91 Å². The molecular formula is C25H33N5O3S. The number of benzene rings is 1. The number of nitrogens with one attached hydrogen (secondary N) is 2. The van der Waals surface area contributed by atoms with Crippen molar-refractivity contribution in [2.75, 3.05) is 37.4 Å². The molecular weight excluding hydrogens is 450 g/mol. The van der Waals surface area contributed by atoms with E-state index in [2.05, 4.69) is 17.6 Å². The topological polar surface area (TPSA) is 88.5 Å². The summed E-state index contributed by atoms with van der Waals surface area (Å²) in [6.45, 7) is 9.14. The third kappa shape index (κ3) is 5.47. The Morgan fingerprint density at radius 1 is 1.32 bits per heavy atom. The first-order valence-corrected chi connectivity index (χ1v) is 12.8. The van der Waals surface area contributed by atoms with Crippen molar-refractivity contribution >= 4 is 41.7 Å². The average Bonchev–Trinajstić information content (AvgIpc) is 3.14. The summed E-state index contributed by atoms with van der Waals surface area (Å²) in [7, 11) is 0. The van der Waals surface area contributed by atoms with Crippen molar-refractivity contribution in [3.05, 3.63) is 46.8 Å². The molecule has 182 valence electrons. The number of rotatable bonds is 7. The Kier molecular flexibility index (Phi) is 7.95. The third-order valence-electron chi connectivity index (χ3n) is 6.33. The number of hydrogen-bond donors (Lipinski definition) is 2. The van der Waals surface area contributed by atoms with E-state index in [9.17, 15) is 9.59 Å². The molecule has 0 bridgehead atoms. The van der Waals surface area contributed by atoms with Gasteiger partial charge in [0.05, 0.1) is 18.3 Å². The Morgan fingerprint density at radius 3 is 2.88 bits per heavy atom. The summed E-state index contributed by atoms with van der Waals surface area (Å²) >= 11 is 1.92. The summed E-state index contributed by atoms with van der Waals surface area (Å²) < 4.78 is 7.66. The lowest BCUT2D eigenvalue weighted by molar-refractivity contribution is -0.108. The first-order chi connectivity index (χ1) is 16.5. The van der Waals surface area contributed by atoms with Crippen LogP contribution in [0.3, 0.4) is 0 Å². The monoisotopic (exact) mass is 483 g/mol. The molecule has 8 nitrogen and oxygen atoms in total. The molecule has 0 aliphatic carbocycles. The first-order valence-electron chi connectivity index (χ1n) is 11.8. The Morgan fingerprint density at radius 2 is 2.18 bits per heavy atom. The van der Waals surface area contributed by atoms with E-state index in [4.69, 9.17) is 9.84 Å². The van der Waals surface area contributed by atoms with Crippen LogP contribution >= 0.6 is 11.8 Å². The van der Waals surface area contributed by atoms with E-state index < -0.39 is 0 Å². The highest BCUT2D eigenvalue weighted by molar-refractivity contribution is 7.99. The molecule has 3 heterocycles. The van der Waals surface area contributed by atoms with Crippen molar-refractivity contribution < 1.29 is 14.3 Å². The van der Waals surface area contributed by atoms with Gasteiger partial charge in [0.1, 0.15) is 0 Å². The highest BCUT2D eigenvalue weighted by Crippen LogP contribution is 2.30. The van der Waals surface area contributed by atoms with E-state index in [0.29, 0.717) is 18.3 Å². The van der Waals surface area contributed by atoms with Gasteiger partial charge < -0.3 is 20.3 Å². The zero-order chi connectivity index (χ0) is 24.1. The Hall–Kier alpha value is -2.78. The maximum Gasteiger partial charge on any atom is 0.254 e. The number of anilines is 2. The summed E-state index contributed by atoms with van der Waals surface area (Å²) in [6.07, 6.45) is 6.11. The predicted molar refractivity (Wildman–Crippen MR) is 137 cm³/mol. The summed E-state index contributed by atoms with van der Waals surface area (Å²) in [6, 6.07) is 5.99. The molecule has 2 atom stereocenters. The number of amides is 2. The number of thioether (sulfide) groups is 1. The van der Waals surface area contributed by atoms with Gasteiger partial charge in [-0.15, -0.1) is 0 Å². The van der Waals surface area contributed by atoms with E-state index in [1.807, 2.05) is 59.5 Å². The molecule has 2 fully saturated rings. The van der Waals surface area contributed by atoms with Crippen LogP contribution in [0.15, 0.2) is 24.4 Å². The SMILES string of the molecule is Cc1cc(Nc2nn(C3CCCOC3)c(/C=C\NC=O)c2C)ccc1C(=O)N1CCSC(C)C1. The summed E-state index contributed by atoms with van der Waals surface area (Å²) in [5, 5.41) is 11.3. The lowest BCUT2D eigenvalue weighted by Gasteiger charge is -2.31. The van der Waals surface area contributed by atoms with Gasteiger partial charge in [-0.3, -0.25) is 14.3 Å². The molecule has 2 N–H and O–H groups in total. The van der Waals surface area contributed by atoms with Gasteiger partial charge in [0, 0.05) is 53.7 Å². The van der Waals surface area contributed by atoms with Crippen LogP contribution in [0.5, 0.6) is 0 Å². The van der Waals surface area contributed by atoms with Crippen LogP contribution in [0.2, 0.25) is 0 Å². The Balaban J connectivity index is 1.56. The minimum atomic E-state index is 0.101. The molecule has 0 spiro atoms. The molecule has 1 aromatic carbocycles. The van der Waals surface area contributed by atoms with E-state index in [1.54, 1.807) is 6.20 Å². The zero-order valence-electron chi connectivity index (χ0n) is 20.0. The van der Waals surface area contributed by atoms with Crippen LogP contribution in [0.4, 0.5) is 11.5 Å². The molecule has 2 unspecified atom stereocenters. The summed E-state index contributed by atoms with van der Waals surface area (Å²) in [4.78, 5) is 25.7. The molecule has 0 radical (unpaired) electrons. The molecule has 34 heavy (non-hydrogen) atoms. The van der Waals surface area contributed by atoms with Crippen molar-refractivity contribution in [2.45, 2.75) is 44.9 Å². The number of hydrogen-bond acceptors (Lipinski definition) is 6. The van der Waals surface area contributed by atoms with E-state index in [1.165, 1.54) is 0 Å². The second kappa shape index (κ2) is 11.1. The number of aromatic nitrogens is 2. The highest BCUT2D eigenvalue weighted by Gasteiger charge is 2.25. The lowest BCUT2D eigenvalue weighted by Crippen LogP contribution is -2.41. The molecule has 2 saturated heterocycles. The van der Waals surface area contributed by atoms with Gasteiger partial charge in [-0.1, -0.05) is 6.92 Å². The number of aryl methyl sites for hydroxylation is 1. The Bertz CT molecular complexity index is 1060. The lowest BCUT2D eigenvalue weighted by atomic mass is 10.1. The number of nitrogens with zero attached hydrogens (tertiary/aromatic N) is 3.